The Hall–Kier alpha value is -1.59. The molecule has 0 aliphatic heterocycles. The van der Waals surface area contributed by atoms with E-state index in [4.69, 9.17) is 14.2 Å². The second kappa shape index (κ2) is 45.4. The maximum absolute atomic E-state index is 12.8. The molecule has 0 N–H and O–H groups in total. The Labute approximate surface area is 374 Å². The Morgan fingerprint density at radius 2 is 0.583 bits per heavy atom. The predicted octanol–water partition coefficient (Wildman–Crippen LogP) is 17.2. The summed E-state index contributed by atoms with van der Waals surface area (Å²) in [6, 6.07) is 0. The van der Waals surface area contributed by atoms with Gasteiger partial charge in [-0.3, -0.25) is 14.4 Å². The number of ether oxygens (including phenoxy) is 3. The lowest BCUT2D eigenvalue weighted by molar-refractivity contribution is -0.167. The average Bonchev–Trinajstić information content (AvgIpc) is 3.22. The minimum absolute atomic E-state index is 0.0649. The van der Waals surface area contributed by atoms with Crippen molar-refractivity contribution < 1.29 is 28.6 Å². The molecule has 356 valence electrons. The average molecular weight is 849 g/mol. The first-order chi connectivity index (χ1) is 29.1. The molecular weight excluding hydrogens is 745 g/mol. The first-order valence-electron chi connectivity index (χ1n) is 26.6. The van der Waals surface area contributed by atoms with Gasteiger partial charge in [-0.1, -0.05) is 253 Å². The summed E-state index contributed by atoms with van der Waals surface area (Å²) < 4.78 is 16.8. The monoisotopic (exact) mass is 849 g/mol. The predicted molar refractivity (Wildman–Crippen MR) is 256 cm³/mol. The summed E-state index contributed by atoms with van der Waals surface area (Å²) >= 11 is 0. The van der Waals surface area contributed by atoms with Crippen molar-refractivity contribution in [2.45, 2.75) is 298 Å². The van der Waals surface area contributed by atoms with Gasteiger partial charge in [0.15, 0.2) is 6.10 Å². The van der Waals surface area contributed by atoms with Gasteiger partial charge >= 0.3 is 17.9 Å². The molecule has 0 aromatic rings. The maximum Gasteiger partial charge on any atom is 0.306 e. The van der Waals surface area contributed by atoms with E-state index < -0.39 is 6.10 Å². The summed E-state index contributed by atoms with van der Waals surface area (Å²) in [5.41, 5.74) is 0. The number of hydrogen-bond donors (Lipinski definition) is 0. The van der Waals surface area contributed by atoms with Crippen LogP contribution in [0, 0.1) is 17.8 Å². The zero-order chi connectivity index (χ0) is 44.2. The summed E-state index contributed by atoms with van der Waals surface area (Å²) in [4.78, 5) is 38.0. The second-order valence-corrected chi connectivity index (χ2v) is 19.7. The number of carbonyl (C=O) groups excluding carboxylic acids is 3. The number of unbranched alkanes of at least 4 members (excludes halogenated alkanes) is 29. The van der Waals surface area contributed by atoms with Crippen molar-refractivity contribution in [1.82, 2.24) is 0 Å². The molecule has 0 saturated carbocycles. The Bertz CT molecular complexity index is 931. The van der Waals surface area contributed by atoms with Gasteiger partial charge in [0.05, 0.1) is 0 Å². The van der Waals surface area contributed by atoms with Crippen LogP contribution in [0.25, 0.3) is 0 Å². The van der Waals surface area contributed by atoms with Gasteiger partial charge in [0.25, 0.3) is 0 Å². The Kier molecular flexibility index (Phi) is 44.2. The summed E-state index contributed by atoms with van der Waals surface area (Å²) in [5.74, 6) is 1.65. The van der Waals surface area contributed by atoms with Crippen molar-refractivity contribution in [2.24, 2.45) is 17.8 Å². The van der Waals surface area contributed by atoms with Gasteiger partial charge in [-0.05, 0) is 37.0 Å². The maximum atomic E-state index is 12.8. The highest BCUT2D eigenvalue weighted by Crippen LogP contribution is 2.18. The molecule has 0 aromatic carbocycles. The van der Waals surface area contributed by atoms with Crippen LogP contribution in [-0.4, -0.2) is 37.2 Å². The van der Waals surface area contributed by atoms with Crippen molar-refractivity contribution in [2.75, 3.05) is 13.2 Å². The van der Waals surface area contributed by atoms with Crippen molar-refractivity contribution in [1.29, 1.82) is 0 Å². The van der Waals surface area contributed by atoms with Gasteiger partial charge in [-0.2, -0.15) is 0 Å². The number of carbonyl (C=O) groups is 3. The molecule has 0 amide bonds. The molecule has 0 aliphatic rings. The van der Waals surface area contributed by atoms with Gasteiger partial charge < -0.3 is 14.2 Å². The summed E-state index contributed by atoms with van der Waals surface area (Å²) in [7, 11) is 0. The molecule has 0 saturated heterocycles. The first-order valence-corrected chi connectivity index (χ1v) is 26.6. The quantitative estimate of drug-likeness (QED) is 0.0345. The molecule has 0 rings (SSSR count). The lowest BCUT2D eigenvalue weighted by Gasteiger charge is -2.18. The largest absolute Gasteiger partial charge is 0.462 e. The van der Waals surface area contributed by atoms with Crippen LogP contribution >= 0.6 is 0 Å². The third-order valence-electron chi connectivity index (χ3n) is 12.5. The smallest absolute Gasteiger partial charge is 0.306 e. The van der Waals surface area contributed by atoms with Crippen molar-refractivity contribution >= 4 is 17.9 Å². The van der Waals surface area contributed by atoms with E-state index in [9.17, 15) is 14.4 Å². The molecule has 0 aliphatic carbocycles. The van der Waals surface area contributed by atoms with Crippen molar-refractivity contribution in [3.05, 3.63) is 0 Å². The van der Waals surface area contributed by atoms with Gasteiger partial charge in [0.1, 0.15) is 13.2 Å². The molecule has 0 fully saturated rings. The highest BCUT2D eigenvalue weighted by atomic mass is 16.6. The fourth-order valence-corrected chi connectivity index (χ4v) is 8.08. The standard InChI is InChI=1S/C54H104O6/c1-7-50(6)42-36-30-24-17-12-10-8-9-11-13-18-25-31-37-43-52(55)58-46-51(60-54(57)45-39-33-27-21-20-23-29-35-41-49(4)5)47-59-53(56)44-38-32-26-19-15-14-16-22-28-34-40-48(2)3/h48-51H,7-47H2,1-6H3/t50?,51-/m1/s1. The molecular formula is C54H104O6. The highest BCUT2D eigenvalue weighted by molar-refractivity contribution is 5.71. The van der Waals surface area contributed by atoms with Gasteiger partial charge in [0, 0.05) is 19.3 Å². The number of esters is 3. The highest BCUT2D eigenvalue weighted by Gasteiger charge is 2.19. The molecule has 0 spiro atoms. The topological polar surface area (TPSA) is 78.9 Å². The van der Waals surface area contributed by atoms with E-state index in [1.807, 2.05) is 0 Å². The van der Waals surface area contributed by atoms with Crippen LogP contribution in [0.5, 0.6) is 0 Å². The molecule has 6 nitrogen and oxygen atoms in total. The van der Waals surface area contributed by atoms with Crippen LogP contribution < -0.4 is 0 Å². The Balaban J connectivity index is 4.27. The minimum Gasteiger partial charge on any atom is -0.462 e. The zero-order valence-electron chi connectivity index (χ0n) is 41.3. The second-order valence-electron chi connectivity index (χ2n) is 19.7. The van der Waals surface area contributed by atoms with E-state index in [1.165, 1.54) is 173 Å². The van der Waals surface area contributed by atoms with Crippen LogP contribution in [0.3, 0.4) is 0 Å². The van der Waals surface area contributed by atoms with E-state index in [0.717, 1.165) is 75.5 Å². The molecule has 2 atom stereocenters. The zero-order valence-corrected chi connectivity index (χ0v) is 41.3. The SMILES string of the molecule is CCC(C)CCCCCCCCCCCCCCCCC(=O)OC[C@H](COC(=O)CCCCCCCCCCCCC(C)C)OC(=O)CCCCCCCCCCC(C)C. The molecule has 60 heavy (non-hydrogen) atoms. The molecule has 0 heterocycles. The third kappa shape index (κ3) is 45.9. The molecule has 0 bridgehead atoms. The van der Waals surface area contributed by atoms with Crippen molar-refractivity contribution in [3.8, 4) is 0 Å². The Morgan fingerprint density at radius 1 is 0.333 bits per heavy atom. The first kappa shape index (κ1) is 58.4. The van der Waals surface area contributed by atoms with E-state index >= 15 is 0 Å². The number of rotatable bonds is 47. The van der Waals surface area contributed by atoms with Crippen LogP contribution in [-0.2, 0) is 28.6 Å². The Morgan fingerprint density at radius 3 is 0.867 bits per heavy atom. The van der Waals surface area contributed by atoms with Crippen LogP contribution in [0.4, 0.5) is 0 Å². The van der Waals surface area contributed by atoms with E-state index in [-0.39, 0.29) is 31.1 Å². The van der Waals surface area contributed by atoms with Crippen LogP contribution in [0.2, 0.25) is 0 Å². The van der Waals surface area contributed by atoms with Gasteiger partial charge in [-0.25, -0.2) is 0 Å². The third-order valence-corrected chi connectivity index (χ3v) is 12.5. The summed E-state index contributed by atoms with van der Waals surface area (Å²) in [6.45, 7) is 13.7. The number of hydrogen-bond acceptors (Lipinski definition) is 6. The van der Waals surface area contributed by atoms with E-state index in [1.54, 1.807) is 0 Å². The molecule has 6 heteroatoms. The fourth-order valence-electron chi connectivity index (χ4n) is 8.08. The van der Waals surface area contributed by atoms with Gasteiger partial charge in [0.2, 0.25) is 0 Å². The molecule has 0 aromatic heterocycles. The lowest BCUT2D eigenvalue weighted by atomic mass is 9.99. The van der Waals surface area contributed by atoms with E-state index in [0.29, 0.717) is 19.3 Å². The summed E-state index contributed by atoms with van der Waals surface area (Å²) in [5, 5.41) is 0. The normalized spacial score (nSPS) is 12.6. The lowest BCUT2D eigenvalue weighted by Crippen LogP contribution is -2.30. The fraction of sp³-hybridized carbons (Fsp3) is 0.944. The van der Waals surface area contributed by atoms with Crippen LogP contribution in [0.15, 0.2) is 0 Å². The molecule has 0 radical (unpaired) electrons. The molecule has 1 unspecified atom stereocenters. The van der Waals surface area contributed by atoms with Gasteiger partial charge in [-0.15, -0.1) is 0 Å². The minimum atomic E-state index is -0.763. The van der Waals surface area contributed by atoms with Crippen molar-refractivity contribution in [3.63, 3.8) is 0 Å². The van der Waals surface area contributed by atoms with E-state index in [2.05, 4.69) is 41.5 Å². The van der Waals surface area contributed by atoms with Crippen LogP contribution in [0.1, 0.15) is 292 Å². The summed E-state index contributed by atoms with van der Waals surface area (Å²) in [6.07, 6.45) is 45.2.